The Labute approximate surface area is 130 Å². The van der Waals surface area contributed by atoms with Crippen LogP contribution in [0.3, 0.4) is 0 Å². The Bertz CT molecular complexity index is 481. The third-order valence-electron chi connectivity index (χ3n) is 2.29. The lowest BCUT2D eigenvalue weighted by Gasteiger charge is -2.26. The molecule has 0 aromatic heterocycles. The van der Waals surface area contributed by atoms with Gasteiger partial charge in [0.05, 0.1) is 7.11 Å². The molecule has 1 amide bonds. The molecule has 1 aromatic carbocycles. The molecule has 118 valence electrons. The first-order valence-corrected chi connectivity index (χ1v) is 6.09. The molecule has 1 N–H and O–H groups in total. The molecule has 0 heterocycles. The minimum atomic E-state index is -0.678. The predicted molar refractivity (Wildman–Crippen MR) is 81.0 cm³/mol. The van der Waals surface area contributed by atoms with Crippen LogP contribution >= 0.6 is 12.4 Å². The largest absolute Gasteiger partial charge is 0.508 e. The van der Waals surface area contributed by atoms with Crippen molar-refractivity contribution in [2.24, 2.45) is 0 Å². The molecule has 1 rings (SSSR count). The van der Waals surface area contributed by atoms with E-state index in [1.54, 1.807) is 20.8 Å². The number of phenolic OH excluding ortho intramolecular Hbond substituents is 1. The highest BCUT2D eigenvalue weighted by molar-refractivity contribution is 5.93. The fraction of sp³-hybridized carbons (Fsp3) is 0.429. The lowest BCUT2D eigenvalue weighted by Crippen LogP contribution is -2.40. The summed E-state index contributed by atoms with van der Waals surface area (Å²) in [6, 6.07) is 5.87. The highest BCUT2D eigenvalue weighted by Crippen LogP contribution is 2.21. The summed E-state index contributed by atoms with van der Waals surface area (Å²) in [4.78, 5) is 24.7. The Hall–Kier alpha value is -1.95. The van der Waals surface area contributed by atoms with Gasteiger partial charge in [-0.15, -0.1) is 12.4 Å². The molecule has 0 aliphatic carbocycles. The summed E-state index contributed by atoms with van der Waals surface area (Å²) in [5, 5.41) is 9.27. The van der Waals surface area contributed by atoms with E-state index in [9.17, 15) is 14.7 Å². The molecule has 0 atom stereocenters. The molecule has 0 aliphatic heterocycles. The van der Waals surface area contributed by atoms with Crippen molar-refractivity contribution in [2.45, 2.75) is 26.4 Å². The van der Waals surface area contributed by atoms with Gasteiger partial charge >= 0.3 is 12.1 Å². The molecule has 6 nitrogen and oxygen atoms in total. The molecule has 0 unspecified atom stereocenters. The minimum absolute atomic E-state index is 0. The average molecular weight is 318 g/mol. The second kappa shape index (κ2) is 7.73. The van der Waals surface area contributed by atoms with Crippen LogP contribution < -0.4 is 4.90 Å². The van der Waals surface area contributed by atoms with Gasteiger partial charge < -0.3 is 14.6 Å². The number of ether oxygens (including phenoxy) is 2. The van der Waals surface area contributed by atoms with Crippen LogP contribution in [0.1, 0.15) is 20.8 Å². The van der Waals surface area contributed by atoms with Crippen molar-refractivity contribution in [3.8, 4) is 5.75 Å². The number of aromatic hydroxyl groups is 1. The first kappa shape index (κ1) is 19.1. The van der Waals surface area contributed by atoms with Crippen molar-refractivity contribution in [1.29, 1.82) is 0 Å². The van der Waals surface area contributed by atoms with E-state index in [0.717, 1.165) is 4.90 Å². The number of rotatable bonds is 3. The number of carbonyl (C=O) groups is 2. The van der Waals surface area contributed by atoms with Crippen molar-refractivity contribution in [3.05, 3.63) is 24.3 Å². The van der Waals surface area contributed by atoms with Crippen molar-refractivity contribution >= 4 is 30.2 Å². The molecule has 0 aliphatic rings. The normalized spacial score (nSPS) is 10.3. The lowest BCUT2D eigenvalue weighted by atomic mass is 10.2. The van der Waals surface area contributed by atoms with E-state index in [1.165, 1.54) is 31.4 Å². The Morgan fingerprint density at radius 1 is 1.19 bits per heavy atom. The number of hydrogen-bond acceptors (Lipinski definition) is 5. The Kier molecular flexibility index (Phi) is 7.01. The Morgan fingerprint density at radius 3 is 2.14 bits per heavy atom. The number of hydrogen-bond donors (Lipinski definition) is 1. The fourth-order valence-electron chi connectivity index (χ4n) is 1.40. The zero-order valence-corrected chi connectivity index (χ0v) is 13.3. The van der Waals surface area contributed by atoms with Crippen molar-refractivity contribution in [2.75, 3.05) is 18.6 Å². The number of phenols is 1. The number of benzene rings is 1. The van der Waals surface area contributed by atoms with Gasteiger partial charge in [-0.3, -0.25) is 9.69 Å². The average Bonchev–Trinajstić information content (AvgIpc) is 2.34. The number of carbonyl (C=O) groups excluding carboxylic acids is 2. The number of methoxy groups -OCH3 is 1. The lowest BCUT2D eigenvalue weighted by molar-refractivity contribution is -0.139. The van der Waals surface area contributed by atoms with Crippen LogP contribution in [0.25, 0.3) is 0 Å². The van der Waals surface area contributed by atoms with Crippen LogP contribution in [0.5, 0.6) is 5.75 Å². The van der Waals surface area contributed by atoms with Gasteiger partial charge in [-0.05, 0) is 45.0 Å². The molecule has 1 aromatic rings. The third-order valence-corrected chi connectivity index (χ3v) is 2.29. The van der Waals surface area contributed by atoms with Crippen molar-refractivity contribution in [3.63, 3.8) is 0 Å². The number of amides is 1. The zero-order valence-electron chi connectivity index (χ0n) is 12.5. The molecule has 0 saturated heterocycles. The smallest absolute Gasteiger partial charge is 0.415 e. The molecule has 7 heteroatoms. The molecule has 0 fully saturated rings. The summed E-state index contributed by atoms with van der Waals surface area (Å²) in [7, 11) is 1.24. The molecule has 0 bridgehead atoms. The van der Waals surface area contributed by atoms with Crippen molar-refractivity contribution < 1.29 is 24.2 Å². The second-order valence-corrected chi connectivity index (χ2v) is 5.16. The van der Waals surface area contributed by atoms with Gasteiger partial charge in [-0.25, -0.2) is 4.79 Å². The second-order valence-electron chi connectivity index (χ2n) is 5.16. The van der Waals surface area contributed by atoms with Gasteiger partial charge in [-0.2, -0.15) is 0 Å². The van der Waals surface area contributed by atoms with Gasteiger partial charge in [0.25, 0.3) is 0 Å². The van der Waals surface area contributed by atoms with Gasteiger partial charge in [0.1, 0.15) is 17.9 Å². The van der Waals surface area contributed by atoms with E-state index >= 15 is 0 Å². The van der Waals surface area contributed by atoms with Crippen LogP contribution in [-0.4, -0.2) is 36.4 Å². The van der Waals surface area contributed by atoms with E-state index < -0.39 is 17.7 Å². The first-order valence-electron chi connectivity index (χ1n) is 6.09. The topological polar surface area (TPSA) is 76.1 Å². The van der Waals surface area contributed by atoms with Gasteiger partial charge in [0, 0.05) is 5.69 Å². The first-order chi connectivity index (χ1) is 9.23. The molecule has 21 heavy (non-hydrogen) atoms. The monoisotopic (exact) mass is 317 g/mol. The molecular formula is C14H20ClNO5. The van der Waals surface area contributed by atoms with Crippen molar-refractivity contribution in [1.82, 2.24) is 0 Å². The van der Waals surface area contributed by atoms with Crippen LogP contribution in [0.4, 0.5) is 10.5 Å². The van der Waals surface area contributed by atoms with E-state index in [-0.39, 0.29) is 24.7 Å². The van der Waals surface area contributed by atoms with E-state index in [1.807, 2.05) is 0 Å². The minimum Gasteiger partial charge on any atom is -0.508 e. The van der Waals surface area contributed by atoms with Gasteiger partial charge in [-0.1, -0.05) is 0 Å². The Balaban J connectivity index is 0.00000400. The van der Waals surface area contributed by atoms with Crippen LogP contribution in [-0.2, 0) is 14.3 Å². The standard InChI is InChI=1S/C14H19NO5.ClH/c1-14(2,3)20-13(18)15(9-12(17)19-4)10-5-7-11(16)8-6-10;/h5-8,16H,9H2,1-4H3;1H. The van der Waals surface area contributed by atoms with Gasteiger partial charge in [0.2, 0.25) is 0 Å². The summed E-state index contributed by atoms with van der Waals surface area (Å²) in [5.41, 5.74) is -0.245. The summed E-state index contributed by atoms with van der Waals surface area (Å²) < 4.78 is 9.82. The number of anilines is 1. The van der Waals surface area contributed by atoms with Crippen LogP contribution in [0, 0.1) is 0 Å². The summed E-state index contributed by atoms with van der Waals surface area (Å²) in [6.07, 6.45) is -0.659. The van der Waals surface area contributed by atoms with Crippen LogP contribution in [0.15, 0.2) is 24.3 Å². The molecular weight excluding hydrogens is 298 g/mol. The molecule has 0 spiro atoms. The quantitative estimate of drug-likeness (QED) is 0.867. The maximum Gasteiger partial charge on any atom is 0.415 e. The zero-order chi connectivity index (χ0) is 15.3. The summed E-state index contributed by atoms with van der Waals surface area (Å²) in [5.74, 6) is -0.500. The third kappa shape index (κ3) is 6.35. The predicted octanol–water partition coefficient (Wildman–Crippen LogP) is 2.73. The molecule has 0 saturated carbocycles. The number of halogens is 1. The maximum atomic E-state index is 12.1. The highest BCUT2D eigenvalue weighted by atomic mass is 35.5. The molecule has 0 radical (unpaired) electrons. The fourth-order valence-corrected chi connectivity index (χ4v) is 1.40. The van der Waals surface area contributed by atoms with E-state index in [0.29, 0.717) is 5.69 Å². The SMILES string of the molecule is COC(=O)CN(C(=O)OC(C)(C)C)c1ccc(O)cc1.Cl. The van der Waals surface area contributed by atoms with E-state index in [2.05, 4.69) is 4.74 Å². The highest BCUT2D eigenvalue weighted by Gasteiger charge is 2.25. The summed E-state index contributed by atoms with van der Waals surface area (Å²) >= 11 is 0. The number of nitrogens with zero attached hydrogens (tertiary/aromatic N) is 1. The Morgan fingerprint density at radius 2 is 1.71 bits per heavy atom. The van der Waals surface area contributed by atoms with Gasteiger partial charge in [0.15, 0.2) is 0 Å². The van der Waals surface area contributed by atoms with E-state index in [4.69, 9.17) is 4.74 Å². The van der Waals surface area contributed by atoms with Crippen LogP contribution in [0.2, 0.25) is 0 Å². The summed E-state index contributed by atoms with van der Waals surface area (Å²) in [6.45, 7) is 4.93. The number of esters is 1. The maximum absolute atomic E-state index is 12.1.